The number of anilines is 1. The van der Waals surface area contributed by atoms with E-state index in [9.17, 15) is 13.2 Å². The Kier molecular flexibility index (Phi) is 7.05. The maximum Gasteiger partial charge on any atom is 0.414 e. The Labute approximate surface area is 191 Å². The lowest BCUT2D eigenvalue weighted by molar-refractivity contribution is 0.107. The second-order valence-electron chi connectivity index (χ2n) is 7.62. The van der Waals surface area contributed by atoms with E-state index in [4.69, 9.17) is 36.9 Å². The van der Waals surface area contributed by atoms with Crippen LogP contribution in [0.25, 0.3) is 0 Å². The standard InChI is InChI=1S/C21H23Cl2NO6S/c1-12(2)17-9-15(6-5-13(17)3)29-20-18(22)7-14(8-19(20)23)24-10-16(30-21(24)25)11-28-31(4,26)27/h5-9,12,16H,10-11H2,1-4H3. The van der Waals surface area contributed by atoms with Gasteiger partial charge in [-0.3, -0.25) is 9.08 Å². The number of halogens is 2. The van der Waals surface area contributed by atoms with Gasteiger partial charge in [0.05, 0.1) is 28.5 Å². The van der Waals surface area contributed by atoms with Crippen molar-refractivity contribution in [2.75, 3.05) is 24.3 Å². The van der Waals surface area contributed by atoms with Gasteiger partial charge < -0.3 is 9.47 Å². The number of benzene rings is 2. The molecule has 0 N–H and O–H groups in total. The number of amides is 1. The summed E-state index contributed by atoms with van der Waals surface area (Å²) in [6, 6.07) is 8.85. The SMILES string of the molecule is Cc1ccc(Oc2c(Cl)cc(N3CC(COS(C)(=O)=O)OC3=O)cc2Cl)cc1C(C)C. The first-order valence-corrected chi connectivity index (χ1v) is 12.1. The molecule has 31 heavy (non-hydrogen) atoms. The van der Waals surface area contributed by atoms with E-state index in [0.717, 1.165) is 17.4 Å². The summed E-state index contributed by atoms with van der Waals surface area (Å²) in [5.41, 5.74) is 2.72. The van der Waals surface area contributed by atoms with Crippen LogP contribution in [0.15, 0.2) is 30.3 Å². The van der Waals surface area contributed by atoms with Gasteiger partial charge in [-0.15, -0.1) is 0 Å². The van der Waals surface area contributed by atoms with Gasteiger partial charge in [0.15, 0.2) is 5.75 Å². The molecule has 1 unspecified atom stereocenters. The van der Waals surface area contributed by atoms with Crippen molar-refractivity contribution in [3.05, 3.63) is 51.5 Å². The molecule has 168 valence electrons. The molecule has 2 aromatic carbocycles. The van der Waals surface area contributed by atoms with Gasteiger partial charge in [-0.2, -0.15) is 8.42 Å². The number of hydrogen-bond acceptors (Lipinski definition) is 6. The fourth-order valence-corrected chi connectivity index (χ4v) is 4.19. The summed E-state index contributed by atoms with van der Waals surface area (Å²) in [5, 5.41) is 0.440. The Morgan fingerprint density at radius 2 is 1.84 bits per heavy atom. The Hall–Kier alpha value is -2.00. The summed E-state index contributed by atoms with van der Waals surface area (Å²) in [6.45, 7) is 6.07. The smallest absolute Gasteiger partial charge is 0.414 e. The lowest BCUT2D eigenvalue weighted by atomic mass is 9.98. The van der Waals surface area contributed by atoms with Gasteiger partial charge in [-0.1, -0.05) is 43.1 Å². The Bertz CT molecular complexity index is 1080. The van der Waals surface area contributed by atoms with Gasteiger partial charge in [-0.05, 0) is 48.2 Å². The van der Waals surface area contributed by atoms with Crippen LogP contribution in [-0.2, 0) is 19.0 Å². The number of cyclic esters (lactones) is 1. The van der Waals surface area contributed by atoms with E-state index in [1.807, 2.05) is 25.1 Å². The van der Waals surface area contributed by atoms with Gasteiger partial charge in [0, 0.05) is 0 Å². The van der Waals surface area contributed by atoms with Gasteiger partial charge >= 0.3 is 6.09 Å². The largest absolute Gasteiger partial charge is 0.454 e. The first-order valence-electron chi connectivity index (χ1n) is 9.54. The fourth-order valence-electron chi connectivity index (χ4n) is 3.24. The lowest BCUT2D eigenvalue weighted by Gasteiger charge is -2.17. The molecule has 7 nitrogen and oxygen atoms in total. The van der Waals surface area contributed by atoms with Crippen LogP contribution in [-0.4, -0.2) is 40.0 Å². The number of carbonyl (C=O) groups excluding carboxylic acids is 1. The second-order valence-corrected chi connectivity index (χ2v) is 10.1. The third-order valence-corrected chi connectivity index (χ3v) is 5.86. The number of carbonyl (C=O) groups is 1. The van der Waals surface area contributed by atoms with Gasteiger partial charge in [0.1, 0.15) is 18.5 Å². The van der Waals surface area contributed by atoms with E-state index in [1.54, 1.807) is 12.1 Å². The van der Waals surface area contributed by atoms with E-state index in [1.165, 1.54) is 4.90 Å². The predicted octanol–water partition coefficient (Wildman–Crippen LogP) is 5.52. The van der Waals surface area contributed by atoms with Gasteiger partial charge in [0.2, 0.25) is 0 Å². The molecule has 1 aliphatic heterocycles. The average Bonchev–Trinajstić information content (AvgIpc) is 3.04. The van der Waals surface area contributed by atoms with Crippen LogP contribution < -0.4 is 9.64 Å². The second kappa shape index (κ2) is 9.24. The number of ether oxygens (including phenoxy) is 2. The Balaban J connectivity index is 1.79. The molecule has 1 heterocycles. The highest BCUT2D eigenvalue weighted by molar-refractivity contribution is 7.85. The zero-order valence-electron chi connectivity index (χ0n) is 17.5. The molecule has 2 aromatic rings. The summed E-state index contributed by atoms with van der Waals surface area (Å²) in [4.78, 5) is 13.5. The van der Waals surface area contributed by atoms with Crippen LogP contribution in [0.1, 0.15) is 30.9 Å². The minimum absolute atomic E-state index is 0.0942. The predicted molar refractivity (Wildman–Crippen MR) is 120 cm³/mol. The maximum atomic E-state index is 12.2. The molecule has 0 radical (unpaired) electrons. The first kappa shape index (κ1) is 23.7. The highest BCUT2D eigenvalue weighted by Gasteiger charge is 2.34. The zero-order valence-corrected chi connectivity index (χ0v) is 19.8. The summed E-state index contributed by atoms with van der Waals surface area (Å²) in [6.07, 6.45) is -0.460. The van der Waals surface area contributed by atoms with Crippen molar-refractivity contribution < 1.29 is 26.9 Å². The average molecular weight is 488 g/mol. The molecule has 0 saturated carbocycles. The zero-order chi connectivity index (χ0) is 22.9. The van der Waals surface area contributed by atoms with E-state index < -0.39 is 22.3 Å². The molecular weight excluding hydrogens is 465 g/mol. The summed E-state index contributed by atoms with van der Waals surface area (Å²) < 4.78 is 38.1. The summed E-state index contributed by atoms with van der Waals surface area (Å²) in [5.74, 6) is 1.21. The van der Waals surface area contributed by atoms with Crippen LogP contribution in [0.2, 0.25) is 10.0 Å². The number of rotatable bonds is 7. The summed E-state index contributed by atoms with van der Waals surface area (Å²) >= 11 is 12.8. The van der Waals surface area contributed by atoms with Crippen molar-refractivity contribution in [3.8, 4) is 11.5 Å². The number of nitrogens with zero attached hydrogens (tertiary/aromatic N) is 1. The minimum Gasteiger partial charge on any atom is -0.454 e. The van der Waals surface area contributed by atoms with Crippen LogP contribution in [0.4, 0.5) is 10.5 Å². The van der Waals surface area contributed by atoms with E-state index in [2.05, 4.69) is 13.8 Å². The minimum atomic E-state index is -3.64. The molecule has 10 heteroatoms. The molecule has 1 amide bonds. The van der Waals surface area contributed by atoms with Crippen LogP contribution in [0, 0.1) is 6.92 Å². The summed E-state index contributed by atoms with van der Waals surface area (Å²) in [7, 11) is -3.64. The third kappa shape index (κ3) is 5.83. The van der Waals surface area contributed by atoms with Crippen molar-refractivity contribution in [3.63, 3.8) is 0 Å². The topological polar surface area (TPSA) is 82.1 Å². The number of aryl methyl sites for hydroxylation is 1. The quantitative estimate of drug-likeness (QED) is 0.478. The third-order valence-electron chi connectivity index (χ3n) is 4.73. The monoisotopic (exact) mass is 487 g/mol. The van der Waals surface area contributed by atoms with Crippen LogP contribution in [0.5, 0.6) is 11.5 Å². The van der Waals surface area contributed by atoms with Crippen molar-refractivity contribution in [1.82, 2.24) is 0 Å². The molecule has 0 aromatic heterocycles. The van der Waals surface area contributed by atoms with Crippen molar-refractivity contribution >= 4 is 45.1 Å². The highest BCUT2D eigenvalue weighted by atomic mass is 35.5. The maximum absolute atomic E-state index is 12.2. The fraction of sp³-hybridized carbons (Fsp3) is 0.381. The Morgan fingerprint density at radius 1 is 1.19 bits per heavy atom. The van der Waals surface area contributed by atoms with Crippen LogP contribution >= 0.6 is 23.2 Å². The molecule has 0 aliphatic carbocycles. The number of hydrogen-bond donors (Lipinski definition) is 0. The van der Waals surface area contributed by atoms with Crippen LogP contribution in [0.3, 0.4) is 0 Å². The molecule has 1 fully saturated rings. The molecule has 1 aliphatic rings. The van der Waals surface area contributed by atoms with E-state index in [0.29, 0.717) is 17.4 Å². The van der Waals surface area contributed by atoms with Crippen molar-refractivity contribution in [1.29, 1.82) is 0 Å². The first-order chi connectivity index (χ1) is 14.4. The van der Waals surface area contributed by atoms with E-state index >= 15 is 0 Å². The normalized spacial score (nSPS) is 16.7. The molecule has 0 spiro atoms. The van der Waals surface area contributed by atoms with Crippen molar-refractivity contribution in [2.45, 2.75) is 32.8 Å². The molecular formula is C21H23Cl2NO6S. The highest BCUT2D eigenvalue weighted by Crippen LogP contribution is 2.41. The van der Waals surface area contributed by atoms with Gasteiger partial charge in [0.25, 0.3) is 10.1 Å². The lowest BCUT2D eigenvalue weighted by Crippen LogP contribution is -2.26. The van der Waals surface area contributed by atoms with Gasteiger partial charge in [-0.25, -0.2) is 4.79 Å². The molecule has 1 atom stereocenters. The van der Waals surface area contributed by atoms with Crippen molar-refractivity contribution in [2.24, 2.45) is 0 Å². The molecule has 0 bridgehead atoms. The molecule has 3 rings (SSSR count). The Morgan fingerprint density at radius 3 is 2.42 bits per heavy atom. The molecule has 1 saturated heterocycles. The van der Waals surface area contributed by atoms with E-state index in [-0.39, 0.29) is 28.9 Å².